The van der Waals surface area contributed by atoms with Crippen LogP contribution in [0.25, 0.3) is 22.2 Å². The lowest BCUT2D eigenvalue weighted by Gasteiger charge is -2.19. The van der Waals surface area contributed by atoms with Crippen molar-refractivity contribution in [1.29, 1.82) is 0 Å². The van der Waals surface area contributed by atoms with Crippen LogP contribution < -0.4 is 9.04 Å². The molecule has 4 aromatic rings. The Balaban J connectivity index is 1.64. The fraction of sp³-hybridized carbons (Fsp3) is 0.182. The summed E-state index contributed by atoms with van der Waals surface area (Å²) < 4.78 is 38.8. The van der Waals surface area contributed by atoms with Gasteiger partial charge in [0.1, 0.15) is 15.5 Å². The summed E-state index contributed by atoms with van der Waals surface area (Å²) in [5, 5.41) is 6.15. The van der Waals surface area contributed by atoms with Crippen molar-refractivity contribution in [3.05, 3.63) is 65.0 Å². The molecule has 0 unspecified atom stereocenters. The van der Waals surface area contributed by atoms with Crippen LogP contribution in [0.5, 0.6) is 5.75 Å². The van der Waals surface area contributed by atoms with E-state index in [0.29, 0.717) is 21.4 Å². The van der Waals surface area contributed by atoms with Crippen LogP contribution in [-0.2, 0) is 10.0 Å². The summed E-state index contributed by atoms with van der Waals surface area (Å²) in [7, 11) is -2.40. The molecule has 0 spiro atoms. The SMILES string of the molecule is CC(C)Oc1ccc(-c2noc(-c3sccc3S(=O)(=O)N(C)c3cccc(Cl)c3)n2)cc1. The lowest BCUT2D eigenvalue weighted by molar-refractivity contribution is 0.242. The van der Waals surface area contributed by atoms with Gasteiger partial charge in [-0.1, -0.05) is 22.8 Å². The zero-order valence-corrected chi connectivity index (χ0v) is 19.9. The first-order valence-corrected chi connectivity index (χ1v) is 12.4. The Bertz CT molecular complexity index is 1330. The molecule has 32 heavy (non-hydrogen) atoms. The summed E-state index contributed by atoms with van der Waals surface area (Å²) in [5.74, 6) is 1.23. The fourth-order valence-electron chi connectivity index (χ4n) is 3.00. The van der Waals surface area contributed by atoms with Gasteiger partial charge in [-0.2, -0.15) is 4.98 Å². The molecule has 2 aromatic carbocycles. The van der Waals surface area contributed by atoms with Crippen molar-refractivity contribution in [3.63, 3.8) is 0 Å². The number of thiophene rings is 1. The first-order chi connectivity index (χ1) is 15.3. The molecule has 166 valence electrons. The average molecular weight is 490 g/mol. The van der Waals surface area contributed by atoms with Gasteiger partial charge in [0.25, 0.3) is 15.9 Å². The molecule has 10 heteroatoms. The van der Waals surface area contributed by atoms with Crippen LogP contribution in [0.15, 0.2) is 69.4 Å². The van der Waals surface area contributed by atoms with E-state index in [1.54, 1.807) is 29.6 Å². The molecular formula is C22H20ClN3O4S2. The highest BCUT2D eigenvalue weighted by Crippen LogP contribution is 2.36. The van der Waals surface area contributed by atoms with Crippen LogP contribution in [-0.4, -0.2) is 31.7 Å². The second-order valence-electron chi connectivity index (χ2n) is 7.18. The maximum absolute atomic E-state index is 13.3. The van der Waals surface area contributed by atoms with Crippen LogP contribution in [0.2, 0.25) is 5.02 Å². The van der Waals surface area contributed by atoms with E-state index in [9.17, 15) is 8.42 Å². The number of benzene rings is 2. The van der Waals surface area contributed by atoms with Gasteiger partial charge in [0, 0.05) is 17.6 Å². The highest BCUT2D eigenvalue weighted by Gasteiger charge is 2.28. The number of hydrogen-bond acceptors (Lipinski definition) is 7. The average Bonchev–Trinajstić information content (AvgIpc) is 3.43. The number of rotatable bonds is 7. The third-order valence-electron chi connectivity index (χ3n) is 4.54. The highest BCUT2D eigenvalue weighted by atomic mass is 35.5. The van der Waals surface area contributed by atoms with Crippen molar-refractivity contribution in [2.75, 3.05) is 11.4 Å². The van der Waals surface area contributed by atoms with E-state index in [0.717, 1.165) is 11.3 Å². The minimum absolute atomic E-state index is 0.0712. The molecule has 0 aliphatic heterocycles. The third kappa shape index (κ3) is 4.50. The molecule has 7 nitrogen and oxygen atoms in total. The van der Waals surface area contributed by atoms with E-state index in [1.165, 1.54) is 28.8 Å². The minimum Gasteiger partial charge on any atom is -0.491 e. The maximum atomic E-state index is 13.3. The predicted octanol–water partition coefficient (Wildman–Crippen LogP) is 5.73. The van der Waals surface area contributed by atoms with Crippen molar-refractivity contribution in [1.82, 2.24) is 10.1 Å². The van der Waals surface area contributed by atoms with Crippen LogP contribution in [0.1, 0.15) is 13.8 Å². The zero-order chi connectivity index (χ0) is 22.9. The zero-order valence-electron chi connectivity index (χ0n) is 17.5. The first kappa shape index (κ1) is 22.3. The molecular weight excluding hydrogens is 470 g/mol. The van der Waals surface area contributed by atoms with Gasteiger partial charge in [-0.15, -0.1) is 11.3 Å². The molecule has 0 radical (unpaired) electrons. The van der Waals surface area contributed by atoms with Crippen molar-refractivity contribution in [3.8, 4) is 27.9 Å². The lowest BCUT2D eigenvalue weighted by Crippen LogP contribution is -2.26. The molecule has 0 amide bonds. The summed E-state index contributed by atoms with van der Waals surface area (Å²) in [5.41, 5.74) is 1.18. The highest BCUT2D eigenvalue weighted by molar-refractivity contribution is 7.93. The van der Waals surface area contributed by atoms with Gasteiger partial charge in [0.2, 0.25) is 5.82 Å². The van der Waals surface area contributed by atoms with E-state index >= 15 is 0 Å². The van der Waals surface area contributed by atoms with Gasteiger partial charge in [0.05, 0.1) is 11.8 Å². The maximum Gasteiger partial charge on any atom is 0.269 e. The Morgan fingerprint density at radius 2 is 1.88 bits per heavy atom. The van der Waals surface area contributed by atoms with Gasteiger partial charge in [0.15, 0.2) is 0 Å². The van der Waals surface area contributed by atoms with E-state index in [4.69, 9.17) is 20.9 Å². The van der Waals surface area contributed by atoms with E-state index in [2.05, 4.69) is 10.1 Å². The number of halogens is 1. The monoisotopic (exact) mass is 489 g/mol. The van der Waals surface area contributed by atoms with Crippen molar-refractivity contribution >= 4 is 38.6 Å². The molecule has 0 saturated carbocycles. The Labute approximate surface area is 195 Å². The van der Waals surface area contributed by atoms with E-state index < -0.39 is 10.0 Å². The Kier molecular flexibility index (Phi) is 6.23. The van der Waals surface area contributed by atoms with Gasteiger partial charge in [-0.25, -0.2) is 8.42 Å². The van der Waals surface area contributed by atoms with Crippen LogP contribution >= 0.6 is 22.9 Å². The van der Waals surface area contributed by atoms with Crippen LogP contribution in [0.4, 0.5) is 5.69 Å². The molecule has 0 fully saturated rings. The standard InChI is InChI=1S/C22H20ClN3O4S2/c1-14(2)29-18-9-7-15(8-10-18)21-24-22(30-25-21)20-19(11-12-31-20)32(27,28)26(3)17-6-4-5-16(23)13-17/h4-14H,1-3H3. The van der Waals surface area contributed by atoms with Gasteiger partial charge in [-0.3, -0.25) is 4.31 Å². The summed E-state index contributed by atoms with van der Waals surface area (Å²) >= 11 is 7.24. The van der Waals surface area contributed by atoms with Gasteiger partial charge >= 0.3 is 0 Å². The van der Waals surface area contributed by atoms with Crippen LogP contribution in [0, 0.1) is 0 Å². The van der Waals surface area contributed by atoms with E-state index in [-0.39, 0.29) is 16.9 Å². The quantitative estimate of drug-likeness (QED) is 0.329. The number of ether oxygens (including phenoxy) is 1. The van der Waals surface area contributed by atoms with E-state index in [1.807, 2.05) is 38.1 Å². The molecule has 0 aliphatic carbocycles. The molecule has 2 aromatic heterocycles. The van der Waals surface area contributed by atoms with Crippen LogP contribution in [0.3, 0.4) is 0 Å². The summed E-state index contributed by atoms with van der Waals surface area (Å²) in [6.07, 6.45) is 0.0712. The second kappa shape index (κ2) is 8.93. The summed E-state index contributed by atoms with van der Waals surface area (Å²) in [6, 6.07) is 15.5. The van der Waals surface area contributed by atoms with Crippen molar-refractivity contribution < 1.29 is 17.7 Å². The molecule has 4 rings (SSSR count). The number of nitrogens with zero attached hydrogens (tertiary/aromatic N) is 3. The number of anilines is 1. The normalized spacial score (nSPS) is 11.7. The Morgan fingerprint density at radius 1 is 1.12 bits per heavy atom. The Morgan fingerprint density at radius 3 is 2.56 bits per heavy atom. The molecule has 0 aliphatic rings. The fourth-order valence-corrected chi connectivity index (χ4v) is 5.69. The molecule has 0 saturated heterocycles. The van der Waals surface area contributed by atoms with Gasteiger partial charge < -0.3 is 9.26 Å². The molecule has 0 bridgehead atoms. The summed E-state index contributed by atoms with van der Waals surface area (Å²) in [6.45, 7) is 3.91. The molecule has 0 atom stereocenters. The minimum atomic E-state index is -3.88. The summed E-state index contributed by atoms with van der Waals surface area (Å²) in [4.78, 5) is 4.88. The smallest absolute Gasteiger partial charge is 0.269 e. The topological polar surface area (TPSA) is 85.5 Å². The second-order valence-corrected chi connectivity index (χ2v) is 10.5. The predicted molar refractivity (Wildman–Crippen MR) is 126 cm³/mol. The number of hydrogen-bond donors (Lipinski definition) is 0. The molecule has 0 N–H and O–H groups in total. The Hall–Kier alpha value is -2.88. The first-order valence-electron chi connectivity index (χ1n) is 9.69. The third-order valence-corrected chi connectivity index (χ3v) is 7.64. The lowest BCUT2D eigenvalue weighted by atomic mass is 10.2. The molecule has 2 heterocycles. The van der Waals surface area contributed by atoms with Crippen molar-refractivity contribution in [2.45, 2.75) is 24.8 Å². The largest absolute Gasteiger partial charge is 0.491 e. The van der Waals surface area contributed by atoms with Crippen molar-refractivity contribution in [2.24, 2.45) is 0 Å². The van der Waals surface area contributed by atoms with Gasteiger partial charge in [-0.05, 0) is 67.8 Å². The number of sulfonamides is 1. The number of aromatic nitrogens is 2.